The lowest BCUT2D eigenvalue weighted by atomic mass is 9.98. The summed E-state index contributed by atoms with van der Waals surface area (Å²) >= 11 is 0. The van der Waals surface area contributed by atoms with Crippen molar-refractivity contribution in [1.29, 1.82) is 0 Å². The second kappa shape index (κ2) is 13.6. The van der Waals surface area contributed by atoms with Crippen molar-refractivity contribution < 1.29 is 18.4 Å². The van der Waals surface area contributed by atoms with Gasteiger partial charge in [0.2, 0.25) is 18.3 Å². The number of allylic oxidation sites excluding steroid dienone is 1. The Kier molecular flexibility index (Phi) is 10.2. The van der Waals surface area contributed by atoms with Crippen molar-refractivity contribution in [2.75, 3.05) is 36.4 Å². The van der Waals surface area contributed by atoms with E-state index in [1.165, 1.54) is 6.07 Å². The summed E-state index contributed by atoms with van der Waals surface area (Å²) in [5.41, 5.74) is 7.29. The zero-order valence-corrected chi connectivity index (χ0v) is 22.7. The van der Waals surface area contributed by atoms with E-state index in [0.717, 1.165) is 48.7 Å². The van der Waals surface area contributed by atoms with Crippen LogP contribution in [0, 0.1) is 18.6 Å². The van der Waals surface area contributed by atoms with Crippen molar-refractivity contribution in [3.8, 4) is 11.3 Å². The maximum absolute atomic E-state index is 14.8. The largest absolute Gasteiger partial charge is 0.366 e. The summed E-state index contributed by atoms with van der Waals surface area (Å²) in [4.78, 5) is 36.7. The minimum atomic E-state index is -0.922. The Morgan fingerprint density at radius 3 is 2.38 bits per heavy atom. The quantitative estimate of drug-likeness (QED) is 0.227. The fourth-order valence-corrected chi connectivity index (χ4v) is 4.25. The van der Waals surface area contributed by atoms with Crippen LogP contribution < -0.4 is 16.0 Å². The normalized spacial score (nSPS) is 11.3. The van der Waals surface area contributed by atoms with Gasteiger partial charge in [0.25, 0.3) is 0 Å². The van der Waals surface area contributed by atoms with Crippen LogP contribution in [0.15, 0.2) is 42.5 Å². The van der Waals surface area contributed by atoms with Crippen molar-refractivity contribution in [1.82, 2.24) is 14.9 Å². The van der Waals surface area contributed by atoms with Crippen molar-refractivity contribution in [2.24, 2.45) is 5.73 Å². The van der Waals surface area contributed by atoms with Gasteiger partial charge >= 0.3 is 0 Å². The summed E-state index contributed by atoms with van der Waals surface area (Å²) in [5, 5.41) is 3.19. The molecule has 10 heteroatoms. The molecule has 1 heterocycles. The van der Waals surface area contributed by atoms with Crippen LogP contribution in [0.3, 0.4) is 0 Å². The van der Waals surface area contributed by atoms with Crippen molar-refractivity contribution in [3.63, 3.8) is 0 Å². The summed E-state index contributed by atoms with van der Waals surface area (Å²) in [6.07, 6.45) is 4.47. The average molecular weight is 537 g/mol. The second-order valence-corrected chi connectivity index (χ2v) is 8.88. The number of carbonyl (C=O) groups excluding carboxylic acids is 2. The zero-order chi connectivity index (χ0) is 28.5. The molecule has 0 fully saturated rings. The number of hydrogen-bond acceptors (Lipinski definition) is 6. The van der Waals surface area contributed by atoms with Gasteiger partial charge in [-0.3, -0.25) is 14.5 Å². The SMILES string of the molecule is C/C=C\c1c(-c2cc(C(N)=O)ccc2C)nc(NCCCN(CC)CC)nc1N(C=O)c1c(F)cccc1F. The number of primary amides is 1. The predicted octanol–water partition coefficient (Wildman–Crippen LogP) is 5.30. The summed E-state index contributed by atoms with van der Waals surface area (Å²) in [7, 11) is 0. The molecule has 8 nitrogen and oxygen atoms in total. The lowest BCUT2D eigenvalue weighted by Crippen LogP contribution is -2.26. The van der Waals surface area contributed by atoms with Crippen LogP contribution in [-0.4, -0.2) is 53.4 Å². The summed E-state index contributed by atoms with van der Waals surface area (Å²) in [6.45, 7) is 11.0. The molecule has 2 amide bonds. The van der Waals surface area contributed by atoms with Crippen LogP contribution >= 0.6 is 0 Å². The van der Waals surface area contributed by atoms with Crippen LogP contribution in [0.4, 0.5) is 26.2 Å². The Morgan fingerprint density at radius 2 is 1.79 bits per heavy atom. The lowest BCUT2D eigenvalue weighted by Gasteiger charge is -2.23. The van der Waals surface area contributed by atoms with Gasteiger partial charge in [-0.15, -0.1) is 0 Å². The molecule has 0 saturated heterocycles. The molecule has 39 heavy (non-hydrogen) atoms. The zero-order valence-electron chi connectivity index (χ0n) is 22.7. The molecule has 0 atom stereocenters. The Hall–Kier alpha value is -4.18. The fourth-order valence-electron chi connectivity index (χ4n) is 4.25. The van der Waals surface area contributed by atoms with E-state index in [4.69, 9.17) is 10.7 Å². The number of rotatable bonds is 13. The predicted molar refractivity (Wildman–Crippen MR) is 151 cm³/mol. The average Bonchev–Trinajstić information content (AvgIpc) is 2.92. The minimum absolute atomic E-state index is 0.0211. The van der Waals surface area contributed by atoms with Gasteiger partial charge in [0.05, 0.1) is 5.69 Å². The number of hydrogen-bond donors (Lipinski definition) is 2. The number of carbonyl (C=O) groups is 2. The van der Waals surface area contributed by atoms with Gasteiger partial charge in [0.1, 0.15) is 17.3 Å². The first-order chi connectivity index (χ1) is 18.7. The first-order valence-corrected chi connectivity index (χ1v) is 12.9. The third-order valence-corrected chi connectivity index (χ3v) is 6.38. The molecule has 3 N–H and O–H groups in total. The Bertz CT molecular complexity index is 1340. The smallest absolute Gasteiger partial charge is 0.248 e. The van der Waals surface area contributed by atoms with Crippen LogP contribution in [0.25, 0.3) is 17.3 Å². The Balaban J connectivity index is 2.23. The lowest BCUT2D eigenvalue weighted by molar-refractivity contribution is -0.106. The standard InChI is InChI=1S/C29H34F2N6O2/c1-5-10-21-25(22-17-20(27(32)39)14-13-19(22)4)34-29(33-15-9-16-36(6-2)7-3)35-28(21)37(18-38)26-23(30)11-8-12-24(26)31/h5,8,10-14,17-18H,6-7,9,15-16H2,1-4H3,(H2,32,39)(H,33,34,35)/b10-5-. The highest BCUT2D eigenvalue weighted by molar-refractivity contribution is 5.96. The number of nitrogens with two attached hydrogens (primary N) is 1. The topological polar surface area (TPSA) is 104 Å². The second-order valence-electron chi connectivity index (χ2n) is 8.88. The molecule has 0 aliphatic rings. The number of para-hydroxylation sites is 1. The third kappa shape index (κ3) is 6.83. The summed E-state index contributed by atoms with van der Waals surface area (Å²) < 4.78 is 29.7. The van der Waals surface area contributed by atoms with Gasteiger partial charge in [-0.2, -0.15) is 4.98 Å². The first kappa shape index (κ1) is 29.4. The molecular weight excluding hydrogens is 502 g/mol. The molecule has 2 aromatic carbocycles. The van der Waals surface area contributed by atoms with E-state index < -0.39 is 23.2 Å². The van der Waals surface area contributed by atoms with Crippen molar-refractivity contribution in [3.05, 3.63) is 70.8 Å². The highest BCUT2D eigenvalue weighted by Crippen LogP contribution is 2.37. The maximum Gasteiger partial charge on any atom is 0.248 e. The third-order valence-electron chi connectivity index (χ3n) is 6.38. The van der Waals surface area contributed by atoms with Crippen LogP contribution in [-0.2, 0) is 4.79 Å². The first-order valence-electron chi connectivity index (χ1n) is 12.9. The molecule has 3 rings (SSSR count). The van der Waals surface area contributed by atoms with Gasteiger partial charge in [0, 0.05) is 23.2 Å². The van der Waals surface area contributed by atoms with Crippen molar-refractivity contribution >= 4 is 35.8 Å². The van der Waals surface area contributed by atoms with E-state index >= 15 is 0 Å². The van der Waals surface area contributed by atoms with E-state index in [2.05, 4.69) is 29.0 Å². The molecular formula is C29H34F2N6O2. The summed E-state index contributed by atoms with van der Waals surface area (Å²) in [5.74, 6) is -2.31. The number of halogens is 2. The number of benzene rings is 2. The number of aromatic nitrogens is 2. The van der Waals surface area contributed by atoms with Gasteiger partial charge < -0.3 is 16.0 Å². The van der Waals surface area contributed by atoms with Gasteiger partial charge in [-0.05, 0) is 69.7 Å². The molecule has 1 aromatic heterocycles. The number of anilines is 3. The summed E-state index contributed by atoms with van der Waals surface area (Å²) in [6, 6.07) is 8.31. The molecule has 0 radical (unpaired) electrons. The molecule has 0 aliphatic carbocycles. The Labute approximate surface area is 227 Å². The number of nitrogens with one attached hydrogen (secondary N) is 1. The van der Waals surface area contributed by atoms with Gasteiger partial charge in [0.15, 0.2) is 5.82 Å². The van der Waals surface area contributed by atoms with Crippen LogP contribution in [0.5, 0.6) is 0 Å². The van der Waals surface area contributed by atoms with E-state index in [0.29, 0.717) is 29.8 Å². The molecule has 0 spiro atoms. The fraction of sp³-hybridized carbons (Fsp3) is 0.310. The van der Waals surface area contributed by atoms with Crippen LogP contribution in [0.1, 0.15) is 48.7 Å². The monoisotopic (exact) mass is 536 g/mol. The molecule has 0 aliphatic heterocycles. The molecule has 206 valence electrons. The van der Waals surface area contributed by atoms with Gasteiger partial charge in [-0.1, -0.05) is 38.1 Å². The molecule has 0 saturated carbocycles. The molecule has 0 bridgehead atoms. The van der Waals surface area contributed by atoms with Crippen LogP contribution in [0.2, 0.25) is 0 Å². The number of amides is 2. The maximum atomic E-state index is 14.8. The van der Waals surface area contributed by atoms with E-state index in [-0.39, 0.29) is 17.3 Å². The molecule has 0 unspecified atom stereocenters. The van der Waals surface area contributed by atoms with E-state index in [1.807, 2.05) is 6.92 Å². The minimum Gasteiger partial charge on any atom is -0.366 e. The van der Waals surface area contributed by atoms with E-state index in [9.17, 15) is 18.4 Å². The van der Waals surface area contributed by atoms with E-state index in [1.54, 1.807) is 37.3 Å². The van der Waals surface area contributed by atoms with Gasteiger partial charge in [-0.25, -0.2) is 13.8 Å². The van der Waals surface area contributed by atoms with Crippen molar-refractivity contribution in [2.45, 2.75) is 34.1 Å². The highest BCUT2D eigenvalue weighted by atomic mass is 19.1. The Morgan fingerprint density at radius 1 is 1.10 bits per heavy atom. The molecule has 3 aromatic rings. The number of aryl methyl sites for hydroxylation is 1. The number of nitrogens with zero attached hydrogens (tertiary/aromatic N) is 4. The highest BCUT2D eigenvalue weighted by Gasteiger charge is 2.25.